The Balaban J connectivity index is 1.45. The second-order valence-corrected chi connectivity index (χ2v) is 10.1. The number of nitrogens with one attached hydrogen (secondary N) is 2. The van der Waals surface area contributed by atoms with E-state index < -0.39 is 27.8 Å². The minimum Gasteiger partial charge on any atom is -0.381 e. The fourth-order valence-electron chi connectivity index (χ4n) is 4.26. The molecule has 2 atom stereocenters. The zero-order chi connectivity index (χ0) is 22.7. The lowest BCUT2D eigenvalue weighted by atomic mass is 10.1. The quantitative estimate of drug-likeness (QED) is 0.577. The molecule has 1 saturated carbocycles. The predicted molar refractivity (Wildman–Crippen MR) is 112 cm³/mol. The molecule has 3 aromatic rings. The van der Waals surface area contributed by atoms with Gasteiger partial charge >= 0.3 is 0 Å². The highest BCUT2D eigenvalue weighted by Gasteiger charge is 2.57. The molecule has 2 unspecified atom stereocenters. The van der Waals surface area contributed by atoms with Crippen molar-refractivity contribution in [3.05, 3.63) is 47.8 Å². The number of aromatic nitrogens is 2. The molecular formula is C21H21F3N4O3S. The molecule has 7 nitrogen and oxygen atoms in total. The summed E-state index contributed by atoms with van der Waals surface area (Å²) in [6.45, 7) is 1.21. The summed E-state index contributed by atoms with van der Waals surface area (Å²) in [6.07, 6.45) is -1.37. The number of anilines is 2. The Hall–Kier alpha value is -2.63. The van der Waals surface area contributed by atoms with E-state index in [-0.39, 0.29) is 27.9 Å². The normalized spacial score (nSPS) is 22.8. The van der Waals surface area contributed by atoms with E-state index in [4.69, 9.17) is 4.74 Å². The lowest BCUT2D eigenvalue weighted by Crippen LogP contribution is -2.30. The third kappa shape index (κ3) is 3.63. The van der Waals surface area contributed by atoms with Crippen LogP contribution in [0, 0.1) is 11.2 Å². The number of hydrogen-bond acceptors (Lipinski definition) is 5. The van der Waals surface area contributed by atoms with Gasteiger partial charge in [-0.3, -0.25) is 4.68 Å². The Bertz CT molecular complexity index is 1300. The first-order chi connectivity index (χ1) is 15.2. The third-order valence-corrected chi connectivity index (χ3v) is 7.72. The van der Waals surface area contributed by atoms with Crippen LogP contribution in [0.4, 0.5) is 24.7 Å². The smallest absolute Gasteiger partial charge is 0.266 e. The molecule has 2 aromatic carbocycles. The summed E-state index contributed by atoms with van der Waals surface area (Å²) >= 11 is 0. The van der Waals surface area contributed by atoms with Crippen molar-refractivity contribution in [2.24, 2.45) is 12.5 Å². The summed E-state index contributed by atoms with van der Waals surface area (Å²) in [6, 6.07) is 7.77. The van der Waals surface area contributed by atoms with Crippen molar-refractivity contribution < 1.29 is 26.3 Å². The molecule has 1 saturated heterocycles. The summed E-state index contributed by atoms with van der Waals surface area (Å²) in [5, 5.41) is 7.72. The molecule has 32 heavy (non-hydrogen) atoms. The van der Waals surface area contributed by atoms with Gasteiger partial charge in [-0.1, -0.05) is 0 Å². The van der Waals surface area contributed by atoms with E-state index in [1.54, 1.807) is 17.8 Å². The van der Waals surface area contributed by atoms with Gasteiger partial charge in [-0.25, -0.2) is 26.3 Å². The van der Waals surface area contributed by atoms with Crippen LogP contribution in [-0.2, 0) is 21.8 Å². The number of halogens is 3. The Morgan fingerprint density at radius 2 is 2.06 bits per heavy atom. The molecule has 2 fully saturated rings. The van der Waals surface area contributed by atoms with Crippen molar-refractivity contribution in [3.8, 4) is 0 Å². The van der Waals surface area contributed by atoms with Gasteiger partial charge in [0.25, 0.3) is 6.43 Å². The lowest BCUT2D eigenvalue weighted by molar-refractivity contribution is 0.146. The number of aryl methyl sites for hydroxylation is 1. The molecule has 0 bridgehead atoms. The van der Waals surface area contributed by atoms with Crippen molar-refractivity contribution in [1.29, 1.82) is 0 Å². The summed E-state index contributed by atoms with van der Waals surface area (Å²) in [7, 11) is -2.09. The van der Waals surface area contributed by atoms with Gasteiger partial charge in [0.05, 0.1) is 22.6 Å². The molecule has 2 heterocycles. The van der Waals surface area contributed by atoms with Crippen LogP contribution in [0.25, 0.3) is 10.9 Å². The highest BCUT2D eigenvalue weighted by Crippen LogP contribution is 2.52. The van der Waals surface area contributed by atoms with Crippen LogP contribution in [0.3, 0.4) is 0 Å². The monoisotopic (exact) mass is 466 g/mol. The molecule has 2 N–H and O–H groups in total. The average molecular weight is 466 g/mol. The van der Waals surface area contributed by atoms with Crippen LogP contribution in [0.2, 0.25) is 0 Å². The van der Waals surface area contributed by atoms with E-state index in [9.17, 15) is 21.6 Å². The van der Waals surface area contributed by atoms with Crippen LogP contribution >= 0.6 is 0 Å². The molecule has 1 aliphatic heterocycles. The average Bonchev–Trinajstić information content (AvgIpc) is 3.06. The van der Waals surface area contributed by atoms with E-state index in [0.29, 0.717) is 24.1 Å². The molecule has 0 amide bonds. The maximum absolute atomic E-state index is 13.6. The van der Waals surface area contributed by atoms with Gasteiger partial charge in [0.15, 0.2) is 5.82 Å². The number of ether oxygens (including phenoxy) is 1. The molecule has 5 rings (SSSR count). The van der Waals surface area contributed by atoms with Crippen molar-refractivity contribution in [2.75, 3.05) is 18.5 Å². The van der Waals surface area contributed by atoms with Gasteiger partial charge in [-0.05, 0) is 49.2 Å². The highest BCUT2D eigenvalue weighted by atomic mass is 32.2. The fourth-order valence-corrected chi connectivity index (χ4v) is 5.62. The topological polar surface area (TPSA) is 85.2 Å². The maximum atomic E-state index is 13.6. The third-order valence-electron chi connectivity index (χ3n) is 6.25. The standard InChI is InChI=1S/C21H21F3N4O3S/c1-28-17-5-3-13(32(29,30)27-18-10-21(18)6-7-31-11-21)9-15(17)20(26-28)25-12-2-4-16(22)14(8-12)19(23)24/h2-5,8-9,18-19,27H,6-7,10-11H2,1H3,(H,25,26). The Morgan fingerprint density at radius 1 is 1.25 bits per heavy atom. The van der Waals surface area contributed by atoms with Crippen molar-refractivity contribution in [1.82, 2.24) is 14.5 Å². The Labute approximate surface area is 182 Å². The summed E-state index contributed by atoms with van der Waals surface area (Å²) in [5.74, 6) is -0.722. The largest absolute Gasteiger partial charge is 0.381 e. The molecular weight excluding hydrogens is 445 g/mol. The SMILES string of the molecule is Cn1nc(Nc2ccc(F)c(C(F)F)c2)c2cc(S(=O)(=O)NC3CC34CCOC4)ccc21. The van der Waals surface area contributed by atoms with Crippen LogP contribution in [0.1, 0.15) is 24.8 Å². The number of sulfonamides is 1. The molecule has 1 spiro atoms. The number of hydrogen-bond donors (Lipinski definition) is 2. The molecule has 0 radical (unpaired) electrons. The van der Waals surface area contributed by atoms with Crippen molar-refractivity contribution >= 4 is 32.4 Å². The number of benzene rings is 2. The molecule has 1 aliphatic carbocycles. The van der Waals surface area contributed by atoms with Crippen molar-refractivity contribution in [3.63, 3.8) is 0 Å². The Morgan fingerprint density at radius 3 is 2.78 bits per heavy atom. The molecule has 11 heteroatoms. The molecule has 2 aliphatic rings. The first-order valence-corrected chi connectivity index (χ1v) is 11.6. The summed E-state index contributed by atoms with van der Waals surface area (Å²) in [4.78, 5) is 0.0781. The summed E-state index contributed by atoms with van der Waals surface area (Å²) in [5.41, 5.74) is 0.0457. The first-order valence-electron chi connectivity index (χ1n) is 10.1. The Kier molecular flexibility index (Phi) is 4.95. The fraction of sp³-hybridized carbons (Fsp3) is 0.381. The van der Waals surface area contributed by atoms with Crippen molar-refractivity contribution in [2.45, 2.75) is 30.2 Å². The van der Waals surface area contributed by atoms with Gasteiger partial charge in [-0.2, -0.15) is 5.10 Å². The zero-order valence-corrected chi connectivity index (χ0v) is 17.9. The second kappa shape index (κ2) is 7.46. The number of fused-ring (bicyclic) bond motifs is 1. The molecule has 170 valence electrons. The second-order valence-electron chi connectivity index (χ2n) is 8.36. The van der Waals surface area contributed by atoms with Crippen LogP contribution in [-0.4, -0.2) is 37.5 Å². The minimum atomic E-state index is -3.78. The van der Waals surface area contributed by atoms with Gasteiger partial charge in [0.2, 0.25) is 10.0 Å². The number of rotatable bonds is 6. The number of alkyl halides is 2. The van der Waals surface area contributed by atoms with Crippen LogP contribution in [0.5, 0.6) is 0 Å². The first kappa shape index (κ1) is 21.2. The summed E-state index contributed by atoms with van der Waals surface area (Å²) < 4.78 is 75.4. The predicted octanol–water partition coefficient (Wildman–Crippen LogP) is 3.85. The van der Waals surface area contributed by atoms with E-state index in [1.165, 1.54) is 18.2 Å². The molecule has 1 aromatic heterocycles. The maximum Gasteiger partial charge on any atom is 0.266 e. The van der Waals surface area contributed by atoms with Gasteiger partial charge in [-0.15, -0.1) is 0 Å². The lowest BCUT2D eigenvalue weighted by Gasteiger charge is -2.10. The zero-order valence-electron chi connectivity index (χ0n) is 17.1. The van der Waals surface area contributed by atoms with Gasteiger partial charge < -0.3 is 10.1 Å². The minimum absolute atomic E-state index is 0.0781. The number of nitrogens with zero attached hydrogens (tertiary/aromatic N) is 2. The van der Waals surface area contributed by atoms with Crippen LogP contribution < -0.4 is 10.0 Å². The van der Waals surface area contributed by atoms with E-state index >= 15 is 0 Å². The van der Waals surface area contributed by atoms with Gasteiger partial charge in [0, 0.05) is 36.2 Å². The van der Waals surface area contributed by atoms with Crippen LogP contribution in [0.15, 0.2) is 41.3 Å². The van der Waals surface area contributed by atoms with E-state index in [1.807, 2.05) is 0 Å². The highest BCUT2D eigenvalue weighted by molar-refractivity contribution is 7.89. The van der Waals surface area contributed by atoms with E-state index in [0.717, 1.165) is 25.0 Å². The van der Waals surface area contributed by atoms with E-state index in [2.05, 4.69) is 15.1 Å². The van der Waals surface area contributed by atoms with Gasteiger partial charge in [0.1, 0.15) is 5.82 Å².